The van der Waals surface area contributed by atoms with Gasteiger partial charge in [-0.15, -0.1) is 0 Å². The molecular weight excluding hydrogens is 248 g/mol. The SMILES string of the molecule is CN1CCCC1Cn1c(C(C)(C)C)nc2cccnc21. The molecule has 4 heteroatoms. The summed E-state index contributed by atoms with van der Waals surface area (Å²) in [5, 5.41) is 0. The first-order valence-electron chi connectivity index (χ1n) is 7.49. The Balaban J connectivity index is 2.06. The Hall–Kier alpha value is -1.42. The molecule has 1 atom stereocenters. The fraction of sp³-hybridized carbons (Fsp3) is 0.625. The Morgan fingerprint density at radius 2 is 2.15 bits per heavy atom. The topological polar surface area (TPSA) is 34.0 Å². The number of rotatable bonds is 2. The number of nitrogens with zero attached hydrogens (tertiary/aromatic N) is 4. The van der Waals surface area contributed by atoms with Crippen LogP contribution in [0.3, 0.4) is 0 Å². The molecule has 2 aromatic heterocycles. The zero-order chi connectivity index (χ0) is 14.3. The summed E-state index contributed by atoms with van der Waals surface area (Å²) in [7, 11) is 2.22. The maximum atomic E-state index is 4.83. The maximum Gasteiger partial charge on any atom is 0.160 e. The first kappa shape index (κ1) is 13.6. The van der Waals surface area contributed by atoms with Crippen LogP contribution in [0.4, 0.5) is 0 Å². The number of likely N-dealkylation sites (tertiary alicyclic amines) is 1. The summed E-state index contributed by atoms with van der Waals surface area (Å²) in [6, 6.07) is 4.63. The molecular formula is C16H24N4. The number of likely N-dealkylation sites (N-methyl/N-ethyl adjacent to an activating group) is 1. The van der Waals surface area contributed by atoms with E-state index in [-0.39, 0.29) is 5.41 Å². The first-order valence-corrected chi connectivity index (χ1v) is 7.49. The van der Waals surface area contributed by atoms with E-state index in [0.717, 1.165) is 23.5 Å². The molecule has 1 aliphatic heterocycles. The van der Waals surface area contributed by atoms with Gasteiger partial charge in [-0.3, -0.25) is 0 Å². The molecule has 108 valence electrons. The van der Waals surface area contributed by atoms with E-state index < -0.39 is 0 Å². The minimum Gasteiger partial charge on any atom is -0.311 e. The molecule has 0 aliphatic carbocycles. The van der Waals surface area contributed by atoms with Crippen LogP contribution in [0.25, 0.3) is 11.2 Å². The van der Waals surface area contributed by atoms with Crippen molar-refractivity contribution in [2.24, 2.45) is 0 Å². The fourth-order valence-electron chi connectivity index (χ4n) is 3.12. The van der Waals surface area contributed by atoms with Crippen molar-refractivity contribution in [3.05, 3.63) is 24.2 Å². The number of hydrogen-bond acceptors (Lipinski definition) is 3. The number of fused-ring (bicyclic) bond motifs is 1. The standard InChI is InChI=1S/C16H24N4/c1-16(2,3)15-18-13-8-5-9-17-14(13)20(15)11-12-7-6-10-19(12)4/h5,8-9,12H,6-7,10-11H2,1-4H3. The summed E-state index contributed by atoms with van der Waals surface area (Å²) in [5.74, 6) is 1.14. The van der Waals surface area contributed by atoms with Gasteiger partial charge in [-0.25, -0.2) is 9.97 Å². The molecule has 3 rings (SSSR count). The highest BCUT2D eigenvalue weighted by atomic mass is 15.2. The zero-order valence-electron chi connectivity index (χ0n) is 12.9. The molecule has 3 heterocycles. The molecule has 0 N–H and O–H groups in total. The van der Waals surface area contributed by atoms with Crippen LogP contribution in [0, 0.1) is 0 Å². The zero-order valence-corrected chi connectivity index (χ0v) is 12.9. The van der Waals surface area contributed by atoms with Crippen LogP contribution in [0.5, 0.6) is 0 Å². The normalized spacial score (nSPS) is 20.9. The summed E-state index contributed by atoms with van der Waals surface area (Å²) in [4.78, 5) is 11.9. The van der Waals surface area contributed by atoms with Gasteiger partial charge in [0.05, 0.1) is 0 Å². The quantitative estimate of drug-likeness (QED) is 0.843. The van der Waals surface area contributed by atoms with Gasteiger partial charge in [0.1, 0.15) is 11.3 Å². The molecule has 0 aromatic carbocycles. The Morgan fingerprint density at radius 1 is 1.35 bits per heavy atom. The van der Waals surface area contributed by atoms with Crippen LogP contribution < -0.4 is 0 Å². The Morgan fingerprint density at radius 3 is 2.80 bits per heavy atom. The lowest BCUT2D eigenvalue weighted by Gasteiger charge is -2.25. The van der Waals surface area contributed by atoms with Crippen molar-refractivity contribution in [2.75, 3.05) is 13.6 Å². The number of pyridine rings is 1. The van der Waals surface area contributed by atoms with Crippen LogP contribution in [0.15, 0.2) is 18.3 Å². The van der Waals surface area contributed by atoms with Crippen LogP contribution in [-0.4, -0.2) is 39.1 Å². The first-order chi connectivity index (χ1) is 9.47. The molecule has 0 saturated carbocycles. The minimum absolute atomic E-state index is 0.0396. The third-order valence-corrected chi connectivity index (χ3v) is 4.24. The number of imidazole rings is 1. The summed E-state index contributed by atoms with van der Waals surface area (Å²) < 4.78 is 2.34. The Bertz CT molecular complexity index is 608. The average Bonchev–Trinajstić information content (AvgIpc) is 2.95. The van der Waals surface area contributed by atoms with Crippen molar-refractivity contribution in [2.45, 2.75) is 51.6 Å². The fourth-order valence-corrected chi connectivity index (χ4v) is 3.12. The molecule has 0 radical (unpaired) electrons. The molecule has 0 spiro atoms. The van der Waals surface area contributed by atoms with E-state index in [1.165, 1.54) is 19.4 Å². The van der Waals surface area contributed by atoms with Gasteiger partial charge in [0.15, 0.2) is 5.65 Å². The van der Waals surface area contributed by atoms with Crippen molar-refractivity contribution >= 4 is 11.2 Å². The van der Waals surface area contributed by atoms with Gasteiger partial charge in [0.25, 0.3) is 0 Å². The molecule has 1 saturated heterocycles. The van der Waals surface area contributed by atoms with Gasteiger partial charge in [-0.2, -0.15) is 0 Å². The highest BCUT2D eigenvalue weighted by molar-refractivity contribution is 5.71. The van der Waals surface area contributed by atoms with Gasteiger partial charge in [0.2, 0.25) is 0 Å². The Labute approximate surface area is 120 Å². The van der Waals surface area contributed by atoms with Gasteiger partial charge in [0, 0.05) is 24.2 Å². The monoisotopic (exact) mass is 272 g/mol. The molecule has 0 bridgehead atoms. The summed E-state index contributed by atoms with van der Waals surface area (Å²) in [5.41, 5.74) is 2.08. The van der Waals surface area contributed by atoms with Crippen molar-refractivity contribution < 1.29 is 0 Å². The van der Waals surface area contributed by atoms with E-state index >= 15 is 0 Å². The third kappa shape index (κ3) is 2.33. The lowest BCUT2D eigenvalue weighted by Crippen LogP contribution is -2.31. The van der Waals surface area contributed by atoms with Gasteiger partial charge < -0.3 is 9.47 Å². The summed E-state index contributed by atoms with van der Waals surface area (Å²) in [6.45, 7) is 8.88. The lowest BCUT2D eigenvalue weighted by molar-refractivity contribution is 0.278. The number of hydrogen-bond donors (Lipinski definition) is 0. The molecule has 0 amide bonds. The lowest BCUT2D eigenvalue weighted by atomic mass is 9.95. The maximum absolute atomic E-state index is 4.83. The molecule has 1 unspecified atom stereocenters. The van der Waals surface area contributed by atoms with Gasteiger partial charge in [-0.1, -0.05) is 20.8 Å². The summed E-state index contributed by atoms with van der Waals surface area (Å²) in [6.07, 6.45) is 4.43. The van der Waals surface area contributed by atoms with E-state index in [1.807, 2.05) is 12.3 Å². The van der Waals surface area contributed by atoms with Crippen LogP contribution in [0.2, 0.25) is 0 Å². The van der Waals surface area contributed by atoms with Crippen LogP contribution >= 0.6 is 0 Å². The molecule has 20 heavy (non-hydrogen) atoms. The van der Waals surface area contributed by atoms with Crippen molar-refractivity contribution in [3.63, 3.8) is 0 Å². The smallest absolute Gasteiger partial charge is 0.160 e. The second kappa shape index (κ2) is 4.85. The van der Waals surface area contributed by atoms with Crippen LogP contribution in [0.1, 0.15) is 39.4 Å². The van der Waals surface area contributed by atoms with E-state index in [0.29, 0.717) is 6.04 Å². The predicted octanol–water partition coefficient (Wildman–Crippen LogP) is 2.82. The highest BCUT2D eigenvalue weighted by Crippen LogP contribution is 2.27. The summed E-state index contributed by atoms with van der Waals surface area (Å²) >= 11 is 0. The molecule has 2 aromatic rings. The second-order valence-corrected chi connectivity index (χ2v) is 6.92. The van der Waals surface area contributed by atoms with E-state index in [9.17, 15) is 0 Å². The minimum atomic E-state index is 0.0396. The molecule has 4 nitrogen and oxygen atoms in total. The Kier molecular flexibility index (Phi) is 3.28. The van der Waals surface area contributed by atoms with E-state index in [2.05, 4.69) is 48.3 Å². The predicted molar refractivity (Wildman–Crippen MR) is 81.9 cm³/mol. The second-order valence-electron chi connectivity index (χ2n) is 6.92. The van der Waals surface area contributed by atoms with Gasteiger partial charge in [-0.05, 0) is 38.6 Å². The number of aromatic nitrogens is 3. The van der Waals surface area contributed by atoms with Crippen LogP contribution in [-0.2, 0) is 12.0 Å². The van der Waals surface area contributed by atoms with Crippen molar-refractivity contribution in [3.8, 4) is 0 Å². The average molecular weight is 272 g/mol. The highest BCUT2D eigenvalue weighted by Gasteiger charge is 2.27. The van der Waals surface area contributed by atoms with Crippen molar-refractivity contribution in [1.29, 1.82) is 0 Å². The molecule has 1 fully saturated rings. The van der Waals surface area contributed by atoms with E-state index in [4.69, 9.17) is 4.98 Å². The molecule has 1 aliphatic rings. The van der Waals surface area contributed by atoms with Gasteiger partial charge >= 0.3 is 0 Å². The third-order valence-electron chi connectivity index (χ3n) is 4.24. The van der Waals surface area contributed by atoms with E-state index in [1.54, 1.807) is 0 Å². The van der Waals surface area contributed by atoms with Crippen molar-refractivity contribution in [1.82, 2.24) is 19.4 Å². The largest absolute Gasteiger partial charge is 0.311 e.